The van der Waals surface area contributed by atoms with Gasteiger partial charge in [0.15, 0.2) is 5.60 Å². The van der Waals surface area contributed by atoms with Gasteiger partial charge in [0.1, 0.15) is 0 Å². The first-order chi connectivity index (χ1) is 6.93. The summed E-state index contributed by atoms with van der Waals surface area (Å²) in [4.78, 5) is 46.6. The summed E-state index contributed by atoms with van der Waals surface area (Å²) in [6, 6.07) is 0. The first-order valence-electron chi connectivity index (χ1n) is 4.11. The molecule has 0 amide bonds. The minimum absolute atomic E-state index is 0.00840. The van der Waals surface area contributed by atoms with Crippen LogP contribution in [-0.4, -0.2) is 34.0 Å². The lowest BCUT2D eigenvalue weighted by Crippen LogP contribution is -2.48. The molecule has 2 heterocycles. The molecule has 2 rings (SSSR count). The zero-order valence-corrected chi connectivity index (χ0v) is 7.63. The van der Waals surface area contributed by atoms with Crippen molar-refractivity contribution >= 4 is 17.9 Å². The van der Waals surface area contributed by atoms with E-state index < -0.39 is 35.8 Å². The number of hydrogen-bond acceptors (Lipinski definition) is 8. The molecule has 2 fully saturated rings. The van der Waals surface area contributed by atoms with Gasteiger partial charge >= 0.3 is 17.9 Å². The highest BCUT2D eigenvalue weighted by Gasteiger charge is 2.56. The normalized spacial score (nSPS) is 40.0. The first kappa shape index (κ1) is 9.87. The highest BCUT2D eigenvalue weighted by atomic mass is 17.2. The van der Waals surface area contributed by atoms with Crippen LogP contribution in [0.1, 0.15) is 13.3 Å². The smallest absolute Gasteiger partial charge is 0.365 e. The van der Waals surface area contributed by atoms with Crippen LogP contribution in [0.2, 0.25) is 0 Å². The molecular formula is C7H7NO7. The van der Waals surface area contributed by atoms with Gasteiger partial charge in [-0.05, 0) is 6.92 Å². The molecular weight excluding hydrogens is 210 g/mol. The Hall–Kier alpha value is -1.67. The van der Waals surface area contributed by atoms with Crippen LogP contribution in [0.4, 0.5) is 0 Å². The summed E-state index contributed by atoms with van der Waals surface area (Å²) in [5.74, 6) is -4.21. The van der Waals surface area contributed by atoms with Crippen molar-refractivity contribution in [1.29, 1.82) is 0 Å². The van der Waals surface area contributed by atoms with E-state index in [-0.39, 0.29) is 5.39 Å². The Morgan fingerprint density at radius 1 is 1.33 bits per heavy atom. The third-order valence-corrected chi connectivity index (χ3v) is 2.34. The van der Waals surface area contributed by atoms with Gasteiger partial charge in [0, 0.05) is 0 Å². The van der Waals surface area contributed by atoms with Crippen molar-refractivity contribution in [2.45, 2.75) is 18.9 Å². The Morgan fingerprint density at radius 3 is 2.67 bits per heavy atom. The molecule has 8 heteroatoms. The maximum atomic E-state index is 11.3. The fraction of sp³-hybridized carbons (Fsp3) is 0.571. The van der Waals surface area contributed by atoms with Crippen molar-refractivity contribution in [2.75, 3.05) is 0 Å². The number of fused-ring (bicyclic) bond motifs is 3. The molecule has 0 aliphatic carbocycles. The second kappa shape index (κ2) is 2.91. The molecule has 2 aliphatic heterocycles. The molecule has 0 saturated carbocycles. The van der Waals surface area contributed by atoms with Gasteiger partial charge in [-0.2, -0.15) is 0 Å². The van der Waals surface area contributed by atoms with E-state index in [9.17, 15) is 19.5 Å². The maximum absolute atomic E-state index is 11.3. The number of aliphatic hydroxyl groups is 1. The predicted molar refractivity (Wildman–Crippen MR) is 38.8 cm³/mol. The van der Waals surface area contributed by atoms with Gasteiger partial charge < -0.3 is 9.94 Å². The maximum Gasteiger partial charge on any atom is 0.365 e. The molecule has 15 heavy (non-hydrogen) atoms. The molecule has 0 radical (unpaired) electrons. The molecule has 0 aromatic rings. The van der Waals surface area contributed by atoms with E-state index in [4.69, 9.17) is 0 Å². The third-order valence-electron chi connectivity index (χ3n) is 2.34. The van der Waals surface area contributed by atoms with Gasteiger partial charge in [0.05, 0.1) is 12.3 Å². The minimum atomic E-state index is -2.24. The minimum Gasteiger partial charge on any atom is -0.377 e. The predicted octanol–water partition coefficient (Wildman–Crippen LogP) is -1.55. The molecule has 2 aliphatic rings. The Bertz CT molecular complexity index is 353. The van der Waals surface area contributed by atoms with Crippen molar-refractivity contribution in [3.05, 3.63) is 0 Å². The zero-order valence-electron chi connectivity index (χ0n) is 7.63. The van der Waals surface area contributed by atoms with E-state index >= 15 is 0 Å². The van der Waals surface area contributed by atoms with Gasteiger partial charge in [-0.15, -0.1) is 0 Å². The summed E-state index contributed by atoms with van der Waals surface area (Å²) in [7, 11) is 0. The number of rotatable bonds is 0. The highest BCUT2D eigenvalue weighted by molar-refractivity contribution is 5.92. The number of hydrogen-bond donors (Lipinski definition) is 1. The number of carbonyl (C=O) groups excluding carboxylic acids is 3. The summed E-state index contributed by atoms with van der Waals surface area (Å²) < 4.78 is 0. The number of nitrogens with zero attached hydrogens (tertiary/aromatic N) is 1. The molecule has 0 aromatic carbocycles. The SMILES string of the molecule is CC1C(=O)ON2OC(=O)CC1(O)C(=O)O2. The van der Waals surface area contributed by atoms with Crippen LogP contribution >= 0.6 is 0 Å². The van der Waals surface area contributed by atoms with Gasteiger partial charge in [-0.25, -0.2) is 14.4 Å². The molecule has 2 bridgehead atoms. The van der Waals surface area contributed by atoms with E-state index in [1.165, 1.54) is 6.92 Å². The largest absolute Gasteiger partial charge is 0.377 e. The first-order valence-corrected chi connectivity index (χ1v) is 4.11. The molecule has 3 unspecified atom stereocenters. The van der Waals surface area contributed by atoms with E-state index in [1.54, 1.807) is 0 Å². The molecule has 82 valence electrons. The average Bonchev–Trinajstić information content (AvgIpc) is 2.27. The van der Waals surface area contributed by atoms with Crippen LogP contribution in [0, 0.1) is 5.92 Å². The van der Waals surface area contributed by atoms with E-state index in [2.05, 4.69) is 14.5 Å². The molecule has 1 N–H and O–H groups in total. The van der Waals surface area contributed by atoms with Crippen LogP contribution < -0.4 is 0 Å². The third kappa shape index (κ3) is 1.34. The summed E-state index contributed by atoms with van der Waals surface area (Å²) >= 11 is 0. The summed E-state index contributed by atoms with van der Waals surface area (Å²) in [6.07, 6.45) is -0.654. The highest BCUT2D eigenvalue weighted by Crippen LogP contribution is 2.31. The monoisotopic (exact) mass is 217 g/mol. The van der Waals surface area contributed by atoms with Crippen molar-refractivity contribution in [3.8, 4) is 0 Å². The van der Waals surface area contributed by atoms with E-state index in [0.717, 1.165) is 0 Å². The number of carbonyl (C=O) groups is 3. The molecule has 2 saturated heterocycles. The lowest BCUT2D eigenvalue weighted by Gasteiger charge is -2.24. The van der Waals surface area contributed by atoms with Crippen LogP contribution in [0.5, 0.6) is 0 Å². The van der Waals surface area contributed by atoms with Gasteiger partial charge in [-0.1, -0.05) is 0 Å². The van der Waals surface area contributed by atoms with Gasteiger partial charge in [0.25, 0.3) is 0 Å². The van der Waals surface area contributed by atoms with Gasteiger partial charge in [-0.3, -0.25) is 9.68 Å². The quantitative estimate of drug-likeness (QED) is 0.520. The fourth-order valence-electron chi connectivity index (χ4n) is 1.29. The lowest BCUT2D eigenvalue weighted by molar-refractivity contribution is -0.460. The molecule has 3 atom stereocenters. The van der Waals surface area contributed by atoms with Crippen LogP contribution in [0.3, 0.4) is 0 Å². The molecule has 8 nitrogen and oxygen atoms in total. The standard InChI is InChI=1S/C7H7NO7/c1-3-5(10)14-8-13-4(9)2-7(3,12)6(11)15-8/h3,12H,2H2,1H3. The molecule has 0 spiro atoms. The Kier molecular flexibility index (Phi) is 1.91. The Balaban J connectivity index is 2.47. The lowest BCUT2D eigenvalue weighted by atomic mass is 9.86. The van der Waals surface area contributed by atoms with E-state index in [0.29, 0.717) is 0 Å². The van der Waals surface area contributed by atoms with Crippen molar-refractivity contribution < 1.29 is 34.0 Å². The van der Waals surface area contributed by atoms with Crippen LogP contribution in [-0.2, 0) is 28.9 Å². The van der Waals surface area contributed by atoms with E-state index in [1.807, 2.05) is 0 Å². The summed E-state index contributed by atoms with van der Waals surface area (Å²) in [5, 5.41) is 9.86. The average molecular weight is 217 g/mol. The molecule has 0 aromatic heterocycles. The van der Waals surface area contributed by atoms with Gasteiger partial charge in [0.2, 0.25) is 5.39 Å². The second-order valence-electron chi connectivity index (χ2n) is 3.30. The van der Waals surface area contributed by atoms with Crippen molar-refractivity contribution in [1.82, 2.24) is 5.39 Å². The van der Waals surface area contributed by atoms with Crippen LogP contribution in [0.15, 0.2) is 0 Å². The van der Waals surface area contributed by atoms with Crippen molar-refractivity contribution in [2.24, 2.45) is 5.92 Å². The topological polar surface area (TPSA) is 102 Å². The fourth-order valence-corrected chi connectivity index (χ4v) is 1.29. The summed E-state index contributed by atoms with van der Waals surface area (Å²) in [5.41, 5.74) is -2.24. The zero-order chi connectivity index (χ0) is 11.2. The summed E-state index contributed by atoms with van der Waals surface area (Å²) in [6.45, 7) is 1.26. The Morgan fingerprint density at radius 2 is 2.00 bits per heavy atom. The van der Waals surface area contributed by atoms with Crippen molar-refractivity contribution in [3.63, 3.8) is 0 Å². The Labute approximate surface area is 83.2 Å². The second-order valence-corrected chi connectivity index (χ2v) is 3.30. The van der Waals surface area contributed by atoms with Crippen LogP contribution in [0.25, 0.3) is 0 Å².